The van der Waals surface area contributed by atoms with Gasteiger partial charge in [-0.25, -0.2) is 14.4 Å². The summed E-state index contributed by atoms with van der Waals surface area (Å²) in [6, 6.07) is 9.16. The van der Waals surface area contributed by atoms with E-state index < -0.39 is 5.82 Å². The standard InChI is InChI=1S/C12H12FN3O2/c1-18-12-14-7-10(13)11(15-12)16(17)8-9-5-3-2-4-6-9/h2-7,17H,8H2,1H3. The molecule has 0 atom stereocenters. The van der Waals surface area contributed by atoms with Crippen molar-refractivity contribution in [3.63, 3.8) is 0 Å². The maximum Gasteiger partial charge on any atom is 0.318 e. The fourth-order valence-corrected chi connectivity index (χ4v) is 1.45. The Hall–Kier alpha value is -2.21. The number of benzene rings is 1. The van der Waals surface area contributed by atoms with E-state index in [4.69, 9.17) is 4.74 Å². The van der Waals surface area contributed by atoms with E-state index in [-0.39, 0.29) is 18.4 Å². The van der Waals surface area contributed by atoms with Gasteiger partial charge >= 0.3 is 6.01 Å². The summed E-state index contributed by atoms with van der Waals surface area (Å²) in [5, 5.41) is 10.5. The van der Waals surface area contributed by atoms with E-state index >= 15 is 0 Å². The van der Waals surface area contributed by atoms with E-state index in [2.05, 4.69) is 9.97 Å². The van der Waals surface area contributed by atoms with E-state index in [0.717, 1.165) is 16.8 Å². The van der Waals surface area contributed by atoms with Gasteiger partial charge < -0.3 is 4.74 Å². The molecular formula is C12H12FN3O2. The number of halogens is 1. The first-order valence-corrected chi connectivity index (χ1v) is 5.27. The highest BCUT2D eigenvalue weighted by molar-refractivity contribution is 5.37. The lowest BCUT2D eigenvalue weighted by Gasteiger charge is -2.16. The molecule has 0 unspecified atom stereocenters. The molecule has 1 aromatic heterocycles. The van der Waals surface area contributed by atoms with Gasteiger partial charge in [0.15, 0.2) is 11.6 Å². The van der Waals surface area contributed by atoms with Crippen LogP contribution in [0.5, 0.6) is 6.01 Å². The molecule has 0 saturated carbocycles. The highest BCUT2D eigenvalue weighted by Gasteiger charge is 2.14. The molecule has 0 radical (unpaired) electrons. The van der Waals surface area contributed by atoms with Gasteiger partial charge in [0.25, 0.3) is 0 Å². The molecule has 94 valence electrons. The molecule has 5 nitrogen and oxygen atoms in total. The zero-order valence-electron chi connectivity index (χ0n) is 9.75. The van der Waals surface area contributed by atoms with Crippen molar-refractivity contribution in [1.29, 1.82) is 0 Å². The van der Waals surface area contributed by atoms with Gasteiger partial charge in [-0.1, -0.05) is 30.3 Å². The Morgan fingerprint density at radius 2 is 2.06 bits per heavy atom. The van der Waals surface area contributed by atoms with Crippen LogP contribution < -0.4 is 9.80 Å². The summed E-state index contributed by atoms with van der Waals surface area (Å²) in [6.45, 7) is 0.123. The number of aromatic nitrogens is 2. The summed E-state index contributed by atoms with van der Waals surface area (Å²) in [5.74, 6) is -0.931. The van der Waals surface area contributed by atoms with Gasteiger partial charge in [-0.05, 0) is 5.56 Å². The molecule has 0 spiro atoms. The van der Waals surface area contributed by atoms with Gasteiger partial charge in [-0.3, -0.25) is 5.21 Å². The number of hydrogen-bond donors (Lipinski definition) is 1. The first kappa shape index (κ1) is 12.3. The van der Waals surface area contributed by atoms with E-state index in [0.29, 0.717) is 0 Å². The average Bonchev–Trinajstić information content (AvgIpc) is 2.40. The molecule has 6 heteroatoms. The lowest BCUT2D eigenvalue weighted by molar-refractivity contribution is 0.240. The van der Waals surface area contributed by atoms with Crippen molar-refractivity contribution >= 4 is 5.82 Å². The van der Waals surface area contributed by atoms with Crippen molar-refractivity contribution in [2.45, 2.75) is 6.54 Å². The van der Waals surface area contributed by atoms with Crippen molar-refractivity contribution in [3.8, 4) is 6.01 Å². The Balaban J connectivity index is 2.20. The van der Waals surface area contributed by atoms with Crippen LogP contribution in [0.1, 0.15) is 5.56 Å². The van der Waals surface area contributed by atoms with Crippen LogP contribution in [0, 0.1) is 5.82 Å². The first-order valence-electron chi connectivity index (χ1n) is 5.27. The molecular weight excluding hydrogens is 237 g/mol. The summed E-state index contributed by atoms with van der Waals surface area (Å²) in [5.41, 5.74) is 0.831. The molecule has 0 aliphatic heterocycles. The third-order valence-corrected chi connectivity index (χ3v) is 2.31. The van der Waals surface area contributed by atoms with Crippen LogP contribution in [0.2, 0.25) is 0 Å². The molecule has 0 fully saturated rings. The third kappa shape index (κ3) is 2.72. The van der Waals surface area contributed by atoms with Gasteiger partial charge in [-0.2, -0.15) is 4.98 Å². The van der Waals surface area contributed by atoms with Crippen LogP contribution in [0.3, 0.4) is 0 Å². The lowest BCUT2D eigenvalue weighted by Crippen LogP contribution is -2.20. The number of ether oxygens (including phenoxy) is 1. The van der Waals surface area contributed by atoms with Gasteiger partial charge in [0, 0.05) is 0 Å². The predicted octanol–water partition coefficient (Wildman–Crippen LogP) is 2.02. The molecule has 0 saturated heterocycles. The summed E-state index contributed by atoms with van der Waals surface area (Å²) < 4.78 is 18.3. The predicted molar refractivity (Wildman–Crippen MR) is 63.0 cm³/mol. The minimum Gasteiger partial charge on any atom is -0.467 e. The fraction of sp³-hybridized carbons (Fsp3) is 0.167. The largest absolute Gasteiger partial charge is 0.467 e. The molecule has 0 amide bonds. The molecule has 1 N–H and O–H groups in total. The second kappa shape index (κ2) is 5.42. The summed E-state index contributed by atoms with van der Waals surface area (Å²) in [4.78, 5) is 7.36. The maximum absolute atomic E-state index is 13.5. The van der Waals surface area contributed by atoms with Gasteiger partial charge in [0.2, 0.25) is 0 Å². The number of hydrogen-bond acceptors (Lipinski definition) is 5. The second-order valence-electron chi connectivity index (χ2n) is 3.57. The van der Waals surface area contributed by atoms with E-state index in [1.807, 2.05) is 30.3 Å². The van der Waals surface area contributed by atoms with Crippen molar-refractivity contribution < 1.29 is 14.3 Å². The summed E-state index contributed by atoms with van der Waals surface area (Å²) in [7, 11) is 1.37. The molecule has 1 heterocycles. The molecule has 2 rings (SSSR count). The number of hydroxylamine groups is 1. The van der Waals surface area contributed by atoms with Crippen LogP contribution in [0.25, 0.3) is 0 Å². The minimum atomic E-state index is -0.714. The van der Waals surface area contributed by atoms with Crippen molar-refractivity contribution in [1.82, 2.24) is 9.97 Å². The van der Waals surface area contributed by atoms with Gasteiger partial charge in [0.05, 0.1) is 19.9 Å². The molecule has 0 bridgehead atoms. The van der Waals surface area contributed by atoms with Crippen LogP contribution >= 0.6 is 0 Å². The lowest BCUT2D eigenvalue weighted by atomic mass is 10.2. The van der Waals surface area contributed by atoms with Crippen molar-refractivity contribution in [3.05, 3.63) is 47.9 Å². The Kier molecular flexibility index (Phi) is 3.69. The van der Waals surface area contributed by atoms with E-state index in [1.54, 1.807) is 0 Å². The van der Waals surface area contributed by atoms with Crippen LogP contribution in [-0.2, 0) is 6.54 Å². The normalized spacial score (nSPS) is 10.2. The topological polar surface area (TPSA) is 58.5 Å². The Labute approximate surface area is 103 Å². The number of nitrogens with zero attached hydrogens (tertiary/aromatic N) is 3. The zero-order valence-corrected chi connectivity index (χ0v) is 9.75. The average molecular weight is 249 g/mol. The summed E-state index contributed by atoms with van der Waals surface area (Å²) in [6.07, 6.45) is 0.954. The maximum atomic E-state index is 13.5. The van der Waals surface area contributed by atoms with Gasteiger partial charge in [0.1, 0.15) is 0 Å². The Bertz CT molecular complexity index is 522. The monoisotopic (exact) mass is 249 g/mol. The number of anilines is 1. The molecule has 0 aliphatic rings. The summed E-state index contributed by atoms with van der Waals surface area (Å²) >= 11 is 0. The number of methoxy groups -OCH3 is 1. The van der Waals surface area contributed by atoms with E-state index in [9.17, 15) is 9.60 Å². The highest BCUT2D eigenvalue weighted by Crippen LogP contribution is 2.18. The fourth-order valence-electron chi connectivity index (χ4n) is 1.45. The molecule has 1 aromatic carbocycles. The molecule has 0 aliphatic carbocycles. The zero-order chi connectivity index (χ0) is 13.0. The minimum absolute atomic E-state index is 0.00138. The van der Waals surface area contributed by atoms with Gasteiger partial charge in [-0.15, -0.1) is 0 Å². The quantitative estimate of drug-likeness (QED) is 0.840. The highest BCUT2D eigenvalue weighted by atomic mass is 19.1. The molecule has 18 heavy (non-hydrogen) atoms. The Morgan fingerprint density at radius 1 is 1.33 bits per heavy atom. The van der Waals surface area contributed by atoms with E-state index in [1.165, 1.54) is 7.11 Å². The third-order valence-electron chi connectivity index (χ3n) is 2.31. The van der Waals surface area contributed by atoms with Crippen LogP contribution in [0.15, 0.2) is 36.5 Å². The second-order valence-corrected chi connectivity index (χ2v) is 3.57. The SMILES string of the molecule is COc1ncc(F)c(N(O)Cc2ccccc2)n1. The Morgan fingerprint density at radius 3 is 2.72 bits per heavy atom. The smallest absolute Gasteiger partial charge is 0.318 e. The van der Waals surface area contributed by atoms with Crippen LogP contribution in [0.4, 0.5) is 10.2 Å². The molecule has 2 aromatic rings. The van der Waals surface area contributed by atoms with Crippen molar-refractivity contribution in [2.24, 2.45) is 0 Å². The van der Waals surface area contributed by atoms with Crippen LogP contribution in [-0.4, -0.2) is 22.3 Å². The number of rotatable bonds is 4. The van der Waals surface area contributed by atoms with Crippen molar-refractivity contribution in [2.75, 3.05) is 12.2 Å². The first-order chi connectivity index (χ1) is 8.70.